The fourth-order valence-corrected chi connectivity index (χ4v) is 1.95. The first-order valence-electron chi connectivity index (χ1n) is 6.21. The Morgan fingerprint density at radius 2 is 1.43 bits per heavy atom. The molecule has 0 saturated carbocycles. The summed E-state index contributed by atoms with van der Waals surface area (Å²) in [5.74, 6) is -0.297. The lowest BCUT2D eigenvalue weighted by Crippen LogP contribution is -2.16. The summed E-state index contributed by atoms with van der Waals surface area (Å²) in [5.41, 5.74) is -0.507. The van der Waals surface area contributed by atoms with Gasteiger partial charge in [0.25, 0.3) is 0 Å². The third-order valence-corrected chi connectivity index (χ3v) is 2.93. The molecule has 8 heteroatoms. The third kappa shape index (κ3) is 4.30. The molecule has 0 unspecified atom stereocenters. The molecule has 124 valence electrons. The number of rotatable bonds is 3. The number of methoxy groups -OCH3 is 1. The zero-order chi connectivity index (χ0) is 17.3. The van der Waals surface area contributed by atoms with Gasteiger partial charge in [-0.15, -0.1) is 13.2 Å². The highest BCUT2D eigenvalue weighted by molar-refractivity contribution is 5.71. The van der Waals surface area contributed by atoms with Crippen LogP contribution in [0, 0.1) is 0 Å². The quantitative estimate of drug-likeness (QED) is 0.710. The minimum atomic E-state index is -4.84. The van der Waals surface area contributed by atoms with Crippen LogP contribution in [0.4, 0.5) is 26.3 Å². The molecule has 0 saturated heterocycles. The van der Waals surface area contributed by atoms with Crippen molar-refractivity contribution in [3.8, 4) is 22.6 Å². The second-order valence-electron chi connectivity index (χ2n) is 4.49. The van der Waals surface area contributed by atoms with Crippen molar-refractivity contribution in [2.24, 2.45) is 0 Å². The summed E-state index contributed by atoms with van der Waals surface area (Å²) in [6.45, 7) is 0. The molecule has 23 heavy (non-hydrogen) atoms. The molecular weight excluding hydrogens is 326 g/mol. The summed E-state index contributed by atoms with van der Waals surface area (Å²) < 4.78 is 83.4. The maximum atomic E-state index is 12.8. The first-order valence-corrected chi connectivity index (χ1v) is 6.21. The maximum absolute atomic E-state index is 12.8. The van der Waals surface area contributed by atoms with Crippen LogP contribution < -0.4 is 9.47 Å². The molecule has 2 nitrogen and oxygen atoms in total. The number of alkyl halides is 6. The molecule has 0 amide bonds. The Hall–Kier alpha value is -2.38. The summed E-state index contributed by atoms with van der Waals surface area (Å²) in [4.78, 5) is 0. The molecule has 2 rings (SSSR count). The van der Waals surface area contributed by atoms with Crippen LogP contribution in [0.15, 0.2) is 42.5 Å². The smallest absolute Gasteiger partial charge is 0.496 e. The molecule has 0 atom stereocenters. The second kappa shape index (κ2) is 6.02. The summed E-state index contributed by atoms with van der Waals surface area (Å²) in [5, 5.41) is 0. The van der Waals surface area contributed by atoms with Crippen molar-refractivity contribution in [2.75, 3.05) is 7.11 Å². The van der Waals surface area contributed by atoms with Gasteiger partial charge in [0.05, 0.1) is 12.7 Å². The van der Waals surface area contributed by atoms with Crippen molar-refractivity contribution >= 4 is 0 Å². The normalized spacial score (nSPS) is 12.1. The van der Waals surface area contributed by atoms with E-state index in [1.807, 2.05) is 0 Å². The summed E-state index contributed by atoms with van der Waals surface area (Å²) in [7, 11) is 1.28. The lowest BCUT2D eigenvalue weighted by atomic mass is 10.0. The van der Waals surface area contributed by atoms with Gasteiger partial charge in [0.1, 0.15) is 11.5 Å². The third-order valence-electron chi connectivity index (χ3n) is 2.93. The molecule has 0 aromatic heterocycles. The number of ether oxygens (including phenoxy) is 2. The van der Waals surface area contributed by atoms with Gasteiger partial charge in [0.2, 0.25) is 0 Å². The monoisotopic (exact) mass is 336 g/mol. The molecule has 0 aliphatic heterocycles. The fourth-order valence-electron chi connectivity index (χ4n) is 1.95. The molecule has 0 bridgehead atoms. The number of hydrogen-bond acceptors (Lipinski definition) is 2. The van der Waals surface area contributed by atoms with Gasteiger partial charge < -0.3 is 9.47 Å². The van der Waals surface area contributed by atoms with E-state index >= 15 is 0 Å². The predicted molar refractivity (Wildman–Crippen MR) is 70.1 cm³/mol. The lowest BCUT2D eigenvalue weighted by molar-refractivity contribution is -0.274. The van der Waals surface area contributed by atoms with E-state index in [9.17, 15) is 26.3 Å². The molecular formula is C15H10F6O2. The van der Waals surface area contributed by atoms with Crippen molar-refractivity contribution in [1.29, 1.82) is 0 Å². The van der Waals surface area contributed by atoms with Crippen LogP contribution in [0.2, 0.25) is 0 Å². The van der Waals surface area contributed by atoms with E-state index in [0.717, 1.165) is 30.3 Å². The number of hydrogen-bond donors (Lipinski definition) is 0. The van der Waals surface area contributed by atoms with Crippen molar-refractivity contribution in [3.63, 3.8) is 0 Å². The van der Waals surface area contributed by atoms with Gasteiger partial charge >= 0.3 is 12.5 Å². The zero-order valence-corrected chi connectivity index (χ0v) is 11.6. The Bertz CT molecular complexity index is 674. The van der Waals surface area contributed by atoms with Crippen LogP contribution in [-0.2, 0) is 6.18 Å². The van der Waals surface area contributed by atoms with Crippen molar-refractivity contribution < 1.29 is 35.8 Å². The van der Waals surface area contributed by atoms with E-state index in [-0.39, 0.29) is 16.9 Å². The molecule has 2 aromatic rings. The van der Waals surface area contributed by atoms with E-state index in [1.165, 1.54) is 19.2 Å². The first kappa shape index (κ1) is 17.0. The van der Waals surface area contributed by atoms with Crippen LogP contribution in [0.1, 0.15) is 5.56 Å². The SMILES string of the molecule is COc1ccc(C(F)(F)F)cc1-c1ccc(OC(F)(F)F)cc1. The topological polar surface area (TPSA) is 18.5 Å². The Labute approximate surface area is 127 Å². The van der Waals surface area contributed by atoms with Crippen LogP contribution >= 0.6 is 0 Å². The van der Waals surface area contributed by atoms with E-state index in [0.29, 0.717) is 0 Å². The number of halogens is 6. The molecule has 0 radical (unpaired) electrons. The highest BCUT2D eigenvalue weighted by atomic mass is 19.4. The standard InChI is InChI=1S/C15H10F6O2/c1-22-13-7-4-10(14(16,17)18)8-12(13)9-2-5-11(6-3-9)23-15(19,20)21/h2-8H,1H3. The molecule has 0 aliphatic rings. The van der Waals surface area contributed by atoms with Crippen molar-refractivity contribution in [2.45, 2.75) is 12.5 Å². The van der Waals surface area contributed by atoms with Gasteiger partial charge in [0.15, 0.2) is 0 Å². The highest BCUT2D eigenvalue weighted by Gasteiger charge is 2.32. The van der Waals surface area contributed by atoms with Crippen LogP contribution in [0.25, 0.3) is 11.1 Å². The summed E-state index contributed by atoms with van der Waals surface area (Å²) in [6.07, 6.45) is -9.38. The predicted octanol–water partition coefficient (Wildman–Crippen LogP) is 5.28. The van der Waals surface area contributed by atoms with Crippen LogP contribution in [0.3, 0.4) is 0 Å². The Morgan fingerprint density at radius 1 is 0.826 bits per heavy atom. The van der Waals surface area contributed by atoms with Crippen LogP contribution in [0.5, 0.6) is 11.5 Å². The molecule has 2 aromatic carbocycles. The maximum Gasteiger partial charge on any atom is 0.573 e. The van der Waals surface area contributed by atoms with E-state index in [4.69, 9.17) is 4.74 Å². The van der Waals surface area contributed by atoms with Gasteiger partial charge in [0, 0.05) is 5.56 Å². The lowest BCUT2D eigenvalue weighted by Gasteiger charge is -2.14. The summed E-state index contributed by atoms with van der Waals surface area (Å²) >= 11 is 0. The average Bonchev–Trinajstić information content (AvgIpc) is 2.45. The molecule has 0 fully saturated rings. The molecule has 0 N–H and O–H groups in total. The Balaban J connectivity index is 2.40. The van der Waals surface area contributed by atoms with Crippen molar-refractivity contribution in [1.82, 2.24) is 0 Å². The fraction of sp³-hybridized carbons (Fsp3) is 0.200. The molecule has 0 heterocycles. The largest absolute Gasteiger partial charge is 0.573 e. The van der Waals surface area contributed by atoms with E-state index in [2.05, 4.69) is 4.74 Å². The average molecular weight is 336 g/mol. The van der Waals surface area contributed by atoms with E-state index < -0.39 is 23.9 Å². The van der Waals surface area contributed by atoms with Gasteiger partial charge in [-0.25, -0.2) is 0 Å². The minimum absolute atomic E-state index is 0.112. The van der Waals surface area contributed by atoms with Gasteiger partial charge in [-0.2, -0.15) is 13.2 Å². The second-order valence-corrected chi connectivity index (χ2v) is 4.49. The number of benzene rings is 2. The van der Waals surface area contributed by atoms with Crippen molar-refractivity contribution in [3.05, 3.63) is 48.0 Å². The van der Waals surface area contributed by atoms with E-state index in [1.54, 1.807) is 0 Å². The molecule has 0 aliphatic carbocycles. The van der Waals surface area contributed by atoms with Gasteiger partial charge in [-0.3, -0.25) is 0 Å². The first-order chi connectivity index (χ1) is 10.6. The highest BCUT2D eigenvalue weighted by Crippen LogP contribution is 2.37. The van der Waals surface area contributed by atoms with Gasteiger partial charge in [-0.05, 0) is 35.9 Å². The molecule has 0 spiro atoms. The summed E-state index contributed by atoms with van der Waals surface area (Å²) in [6, 6.07) is 7.36. The van der Waals surface area contributed by atoms with Gasteiger partial charge in [-0.1, -0.05) is 12.1 Å². The Kier molecular flexibility index (Phi) is 4.44. The Morgan fingerprint density at radius 3 is 1.91 bits per heavy atom. The zero-order valence-electron chi connectivity index (χ0n) is 11.6. The van der Waals surface area contributed by atoms with Crippen LogP contribution in [-0.4, -0.2) is 13.5 Å². The minimum Gasteiger partial charge on any atom is -0.496 e.